The summed E-state index contributed by atoms with van der Waals surface area (Å²) in [5, 5.41) is -0.0874. The third-order valence-corrected chi connectivity index (χ3v) is 3.02. The van der Waals surface area contributed by atoms with Crippen molar-refractivity contribution in [2.75, 3.05) is 5.75 Å². The van der Waals surface area contributed by atoms with E-state index in [0.29, 0.717) is 0 Å². The van der Waals surface area contributed by atoms with Crippen LogP contribution in [-0.2, 0) is 0 Å². The molecule has 0 aliphatic rings. The van der Waals surface area contributed by atoms with Crippen LogP contribution >= 0.6 is 12.6 Å². The topological polar surface area (TPSA) is 0 Å². The Kier molecular flexibility index (Phi) is 4.03. The summed E-state index contributed by atoms with van der Waals surface area (Å²) in [4.78, 5) is 0. The molecule has 0 atom stereocenters. The summed E-state index contributed by atoms with van der Waals surface area (Å²) in [6, 6.07) is 0. The molecule has 0 N–H and O–H groups in total. The van der Waals surface area contributed by atoms with Crippen LogP contribution in [0.2, 0.25) is 5.31 Å². The van der Waals surface area contributed by atoms with Crippen molar-refractivity contribution >= 4 is 20.5 Å². The van der Waals surface area contributed by atoms with Crippen molar-refractivity contribution in [1.82, 2.24) is 0 Å². The maximum Gasteiger partial charge on any atom is 0.0746 e. The van der Waals surface area contributed by atoms with Crippen molar-refractivity contribution in [2.45, 2.75) is 45.9 Å². The van der Waals surface area contributed by atoms with Crippen molar-refractivity contribution in [3.8, 4) is 0 Å². The standard InChI is InChI=1S/C9H19BS/c1-8(2,6-5-7-11)9(3,4)10/h11H,5-7H2,1-4H3. The lowest BCUT2D eigenvalue weighted by Gasteiger charge is -2.39. The predicted molar refractivity (Wildman–Crippen MR) is 56.7 cm³/mol. The third-order valence-electron chi connectivity index (χ3n) is 2.70. The summed E-state index contributed by atoms with van der Waals surface area (Å²) in [6.07, 6.45) is 2.30. The fraction of sp³-hybridized carbons (Fsp3) is 1.00. The molecule has 0 bridgehead atoms. The first-order valence-electron chi connectivity index (χ1n) is 4.21. The Morgan fingerprint density at radius 2 is 1.64 bits per heavy atom. The van der Waals surface area contributed by atoms with Gasteiger partial charge in [0.1, 0.15) is 0 Å². The summed E-state index contributed by atoms with van der Waals surface area (Å²) in [5.74, 6) is 0.958. The minimum Gasteiger partial charge on any atom is -0.179 e. The van der Waals surface area contributed by atoms with Crippen molar-refractivity contribution < 1.29 is 0 Å². The molecule has 0 spiro atoms. The summed E-state index contributed by atoms with van der Waals surface area (Å²) in [5.41, 5.74) is 0.218. The number of thiol groups is 1. The van der Waals surface area contributed by atoms with Crippen molar-refractivity contribution in [3.63, 3.8) is 0 Å². The Morgan fingerprint density at radius 3 is 1.91 bits per heavy atom. The fourth-order valence-electron chi connectivity index (χ4n) is 0.843. The van der Waals surface area contributed by atoms with Gasteiger partial charge in [-0.1, -0.05) is 33.0 Å². The monoisotopic (exact) mass is 170 g/mol. The van der Waals surface area contributed by atoms with Crippen LogP contribution in [0.3, 0.4) is 0 Å². The highest BCUT2D eigenvalue weighted by Crippen LogP contribution is 2.45. The molecule has 11 heavy (non-hydrogen) atoms. The van der Waals surface area contributed by atoms with E-state index in [-0.39, 0.29) is 10.7 Å². The molecule has 64 valence electrons. The zero-order valence-corrected chi connectivity index (χ0v) is 9.04. The molecule has 0 fully saturated rings. The van der Waals surface area contributed by atoms with Crippen LogP contribution in [0.15, 0.2) is 0 Å². The Balaban J connectivity index is 4.00. The highest BCUT2D eigenvalue weighted by atomic mass is 32.1. The molecule has 0 saturated carbocycles. The smallest absolute Gasteiger partial charge is 0.0746 e. The third kappa shape index (κ3) is 3.55. The maximum atomic E-state index is 6.03. The molecule has 0 rings (SSSR count). The summed E-state index contributed by atoms with van der Waals surface area (Å²) >= 11 is 4.19. The molecule has 2 heteroatoms. The summed E-state index contributed by atoms with van der Waals surface area (Å²) in [6.45, 7) is 8.61. The highest BCUT2D eigenvalue weighted by molar-refractivity contribution is 7.80. The van der Waals surface area contributed by atoms with Gasteiger partial charge in [-0.3, -0.25) is 0 Å². The van der Waals surface area contributed by atoms with Crippen molar-refractivity contribution in [1.29, 1.82) is 0 Å². The van der Waals surface area contributed by atoms with Crippen LogP contribution in [0, 0.1) is 5.41 Å². The Labute approximate surface area is 78.0 Å². The molecule has 0 aromatic heterocycles. The molecule has 0 aromatic carbocycles. The molecule has 0 saturated heterocycles. The SMILES string of the molecule is [B]C(C)(C)C(C)(C)CCCS. The normalized spacial score (nSPS) is 13.5. The van der Waals surface area contributed by atoms with E-state index < -0.39 is 0 Å². The average molecular weight is 170 g/mol. The molecular weight excluding hydrogens is 151 g/mol. The number of hydrogen-bond donors (Lipinski definition) is 1. The second-order valence-corrected chi connectivity index (χ2v) is 4.88. The molecule has 0 heterocycles. The van der Waals surface area contributed by atoms with Gasteiger partial charge >= 0.3 is 0 Å². The van der Waals surface area contributed by atoms with Gasteiger partial charge in [0.25, 0.3) is 0 Å². The van der Waals surface area contributed by atoms with Gasteiger partial charge in [-0.15, -0.1) is 0 Å². The summed E-state index contributed by atoms with van der Waals surface area (Å²) in [7, 11) is 6.03. The first kappa shape index (κ1) is 11.4. The lowest BCUT2D eigenvalue weighted by atomic mass is 9.55. The van der Waals surface area contributed by atoms with Crippen LogP contribution in [0.4, 0.5) is 0 Å². The van der Waals surface area contributed by atoms with Gasteiger partial charge < -0.3 is 0 Å². The van der Waals surface area contributed by atoms with E-state index in [1.54, 1.807) is 0 Å². The number of rotatable bonds is 4. The predicted octanol–water partition coefficient (Wildman–Crippen LogP) is 3.09. The van der Waals surface area contributed by atoms with Crippen molar-refractivity contribution in [2.24, 2.45) is 5.41 Å². The summed E-state index contributed by atoms with van der Waals surface area (Å²) < 4.78 is 0. The molecule has 2 radical (unpaired) electrons. The molecule has 0 amide bonds. The zero-order chi connectivity index (χ0) is 9.12. The number of hydrogen-bond acceptors (Lipinski definition) is 1. The molecule has 0 aromatic rings. The van der Waals surface area contributed by atoms with Gasteiger partial charge in [-0.05, 0) is 24.0 Å². The van der Waals surface area contributed by atoms with E-state index in [2.05, 4.69) is 40.3 Å². The van der Waals surface area contributed by atoms with Gasteiger partial charge in [0.05, 0.1) is 7.85 Å². The van der Waals surface area contributed by atoms with Gasteiger partial charge in [-0.25, -0.2) is 0 Å². The first-order chi connectivity index (χ1) is 4.81. The Morgan fingerprint density at radius 1 is 1.18 bits per heavy atom. The van der Waals surface area contributed by atoms with Gasteiger partial charge in [0.15, 0.2) is 0 Å². The Bertz CT molecular complexity index is 113. The van der Waals surface area contributed by atoms with E-state index in [1.165, 1.54) is 0 Å². The van der Waals surface area contributed by atoms with Crippen LogP contribution in [0.5, 0.6) is 0 Å². The zero-order valence-electron chi connectivity index (χ0n) is 8.15. The van der Waals surface area contributed by atoms with E-state index >= 15 is 0 Å². The molecule has 0 aliphatic carbocycles. The van der Waals surface area contributed by atoms with Gasteiger partial charge in [0.2, 0.25) is 0 Å². The van der Waals surface area contributed by atoms with Crippen LogP contribution in [0.25, 0.3) is 0 Å². The van der Waals surface area contributed by atoms with Gasteiger partial charge in [0, 0.05) is 0 Å². The molecular formula is C9H19BS. The lowest BCUT2D eigenvalue weighted by molar-refractivity contribution is 0.244. The largest absolute Gasteiger partial charge is 0.179 e. The highest BCUT2D eigenvalue weighted by Gasteiger charge is 2.30. The lowest BCUT2D eigenvalue weighted by Crippen LogP contribution is -2.26. The maximum absolute atomic E-state index is 6.03. The minimum absolute atomic E-state index is 0.0874. The van der Waals surface area contributed by atoms with E-state index in [0.717, 1.165) is 18.6 Å². The molecule has 0 unspecified atom stereocenters. The molecule has 0 nitrogen and oxygen atoms in total. The van der Waals surface area contributed by atoms with Crippen LogP contribution in [0.1, 0.15) is 40.5 Å². The second-order valence-electron chi connectivity index (χ2n) is 4.43. The van der Waals surface area contributed by atoms with Crippen molar-refractivity contribution in [3.05, 3.63) is 0 Å². The molecule has 0 aliphatic heterocycles. The first-order valence-corrected chi connectivity index (χ1v) is 4.84. The minimum atomic E-state index is -0.0874. The average Bonchev–Trinajstić information content (AvgIpc) is 1.81. The van der Waals surface area contributed by atoms with Crippen LogP contribution < -0.4 is 0 Å². The van der Waals surface area contributed by atoms with Crippen LogP contribution in [-0.4, -0.2) is 13.6 Å². The quantitative estimate of drug-likeness (QED) is 0.486. The van der Waals surface area contributed by atoms with E-state index in [9.17, 15) is 0 Å². The van der Waals surface area contributed by atoms with E-state index in [1.807, 2.05) is 0 Å². The fourth-order valence-corrected chi connectivity index (χ4v) is 1.00. The van der Waals surface area contributed by atoms with E-state index in [4.69, 9.17) is 7.85 Å². The second kappa shape index (κ2) is 3.89. The Hall–Kier alpha value is 0.415. The van der Waals surface area contributed by atoms with Gasteiger partial charge in [-0.2, -0.15) is 12.6 Å².